The van der Waals surface area contributed by atoms with Crippen LogP contribution in [0, 0.1) is 0 Å². The molecular formula is C46H81NO9P+. The van der Waals surface area contributed by atoms with E-state index in [-0.39, 0.29) is 26.1 Å². The van der Waals surface area contributed by atoms with Gasteiger partial charge in [-0.2, -0.15) is 0 Å². The molecule has 328 valence electrons. The molecule has 1 aliphatic rings. The van der Waals surface area contributed by atoms with Crippen molar-refractivity contribution in [3.63, 3.8) is 0 Å². The fourth-order valence-corrected chi connectivity index (χ4v) is 6.63. The van der Waals surface area contributed by atoms with E-state index in [1.54, 1.807) is 0 Å². The van der Waals surface area contributed by atoms with Gasteiger partial charge in [-0.3, -0.25) is 18.6 Å². The van der Waals surface area contributed by atoms with Gasteiger partial charge in [0, 0.05) is 12.8 Å². The molecule has 0 amide bonds. The van der Waals surface area contributed by atoms with Gasteiger partial charge in [0.15, 0.2) is 6.10 Å². The molecule has 1 fully saturated rings. The van der Waals surface area contributed by atoms with Gasteiger partial charge in [0.2, 0.25) is 0 Å². The zero-order chi connectivity index (χ0) is 41.9. The minimum atomic E-state index is -4.39. The number of likely N-dealkylation sites (N-methyl/N-ethyl adjacent to an activating group) is 1. The Kier molecular flexibility index (Phi) is 31.9. The first-order valence-corrected chi connectivity index (χ1v) is 23.6. The molecule has 3 unspecified atom stereocenters. The van der Waals surface area contributed by atoms with Crippen LogP contribution in [0.2, 0.25) is 0 Å². The summed E-state index contributed by atoms with van der Waals surface area (Å²) in [4.78, 5) is 35.4. The summed E-state index contributed by atoms with van der Waals surface area (Å²) in [6.07, 6.45) is 42.9. The van der Waals surface area contributed by atoms with Crippen molar-refractivity contribution in [3.8, 4) is 0 Å². The SMILES string of the molecule is CC/C=C\C/C=C\C/C=C\C/C=C\CCCCCCC(=O)OC[C@H](COP(=O)(O)OCC[N+](C)(C)C)OC(=O)CCCCCCC/C=C\CC1OC1CCCCC. The number of ether oxygens (including phenoxy) is 3. The summed E-state index contributed by atoms with van der Waals surface area (Å²) in [6.45, 7) is 4.21. The first-order chi connectivity index (χ1) is 27.5. The molecule has 0 aliphatic carbocycles. The third-order valence-corrected chi connectivity index (χ3v) is 10.4. The number of phosphoric ester groups is 1. The van der Waals surface area contributed by atoms with Crippen LogP contribution in [-0.4, -0.2) is 87.1 Å². The first-order valence-electron chi connectivity index (χ1n) is 22.1. The highest BCUT2D eigenvalue weighted by molar-refractivity contribution is 7.47. The van der Waals surface area contributed by atoms with E-state index in [9.17, 15) is 19.0 Å². The molecule has 0 radical (unpaired) electrons. The third-order valence-electron chi connectivity index (χ3n) is 9.46. The van der Waals surface area contributed by atoms with Crippen LogP contribution >= 0.6 is 7.82 Å². The second kappa shape index (κ2) is 34.5. The zero-order valence-electron chi connectivity index (χ0n) is 36.5. The maximum absolute atomic E-state index is 12.7. The van der Waals surface area contributed by atoms with Gasteiger partial charge >= 0.3 is 19.8 Å². The quantitative estimate of drug-likeness (QED) is 0.0162. The topological polar surface area (TPSA) is 121 Å². The second-order valence-electron chi connectivity index (χ2n) is 16.1. The van der Waals surface area contributed by atoms with E-state index in [0.717, 1.165) is 89.9 Å². The van der Waals surface area contributed by atoms with Crippen LogP contribution in [0.25, 0.3) is 0 Å². The summed E-state index contributed by atoms with van der Waals surface area (Å²) < 4.78 is 40.0. The predicted molar refractivity (Wildman–Crippen MR) is 233 cm³/mol. The average Bonchev–Trinajstić information content (AvgIpc) is 3.91. The summed E-state index contributed by atoms with van der Waals surface area (Å²) in [6, 6.07) is 0. The van der Waals surface area contributed by atoms with Crippen molar-refractivity contribution in [1.82, 2.24) is 0 Å². The normalized spacial score (nSPS) is 17.7. The van der Waals surface area contributed by atoms with E-state index >= 15 is 0 Å². The Morgan fingerprint density at radius 1 is 0.667 bits per heavy atom. The lowest BCUT2D eigenvalue weighted by Crippen LogP contribution is -2.37. The molecule has 10 nitrogen and oxygen atoms in total. The Morgan fingerprint density at radius 2 is 1.23 bits per heavy atom. The van der Waals surface area contributed by atoms with Gasteiger partial charge < -0.3 is 23.6 Å². The smallest absolute Gasteiger partial charge is 0.462 e. The molecule has 1 aliphatic heterocycles. The van der Waals surface area contributed by atoms with Crippen molar-refractivity contribution in [2.24, 2.45) is 0 Å². The lowest BCUT2D eigenvalue weighted by molar-refractivity contribution is -0.870. The van der Waals surface area contributed by atoms with Crippen LogP contribution in [-0.2, 0) is 37.4 Å². The number of rotatable bonds is 38. The van der Waals surface area contributed by atoms with E-state index < -0.39 is 32.5 Å². The number of hydrogen-bond donors (Lipinski definition) is 1. The highest BCUT2D eigenvalue weighted by Gasteiger charge is 2.36. The van der Waals surface area contributed by atoms with Crippen molar-refractivity contribution < 1.29 is 46.8 Å². The van der Waals surface area contributed by atoms with Crippen LogP contribution in [0.1, 0.15) is 155 Å². The summed E-state index contributed by atoms with van der Waals surface area (Å²) in [5.74, 6) is -0.853. The first kappa shape index (κ1) is 52.7. The molecule has 0 spiro atoms. The fraction of sp³-hybridized carbons (Fsp3) is 0.739. The maximum Gasteiger partial charge on any atom is 0.472 e. The summed E-state index contributed by atoms with van der Waals surface area (Å²) >= 11 is 0. The zero-order valence-corrected chi connectivity index (χ0v) is 37.4. The van der Waals surface area contributed by atoms with Gasteiger partial charge in [-0.05, 0) is 77.0 Å². The van der Waals surface area contributed by atoms with Crippen molar-refractivity contribution in [1.29, 1.82) is 0 Å². The Morgan fingerprint density at radius 3 is 1.84 bits per heavy atom. The minimum Gasteiger partial charge on any atom is -0.462 e. The van der Waals surface area contributed by atoms with E-state index in [1.807, 2.05) is 21.1 Å². The van der Waals surface area contributed by atoms with Gasteiger partial charge in [-0.25, -0.2) is 4.57 Å². The molecule has 0 aromatic rings. The number of epoxide rings is 1. The number of nitrogens with zero attached hydrogens (tertiary/aromatic N) is 1. The van der Waals surface area contributed by atoms with Gasteiger partial charge in [-0.1, -0.05) is 126 Å². The van der Waals surface area contributed by atoms with Gasteiger partial charge in [0.25, 0.3) is 0 Å². The van der Waals surface area contributed by atoms with E-state index in [0.29, 0.717) is 36.1 Å². The number of allylic oxidation sites excluding steroid dienone is 9. The molecular weight excluding hydrogens is 741 g/mol. The largest absolute Gasteiger partial charge is 0.472 e. The number of hydrogen-bond acceptors (Lipinski definition) is 8. The molecule has 1 rings (SSSR count). The third kappa shape index (κ3) is 35.3. The number of carbonyl (C=O) groups excluding carboxylic acids is 2. The molecule has 57 heavy (non-hydrogen) atoms. The fourth-order valence-electron chi connectivity index (χ4n) is 5.89. The molecule has 0 saturated carbocycles. The predicted octanol–water partition coefficient (Wildman–Crippen LogP) is 11.5. The second-order valence-corrected chi connectivity index (χ2v) is 17.5. The summed E-state index contributed by atoms with van der Waals surface area (Å²) in [7, 11) is 1.43. The molecule has 4 atom stereocenters. The summed E-state index contributed by atoms with van der Waals surface area (Å²) in [5.41, 5.74) is 0. The van der Waals surface area contributed by atoms with Crippen LogP contribution in [0.3, 0.4) is 0 Å². The van der Waals surface area contributed by atoms with Crippen molar-refractivity contribution in [2.75, 3.05) is 47.5 Å². The molecule has 0 bridgehead atoms. The maximum atomic E-state index is 12.7. The highest BCUT2D eigenvalue weighted by atomic mass is 31.2. The molecule has 0 aromatic carbocycles. The lowest BCUT2D eigenvalue weighted by atomic mass is 10.1. The van der Waals surface area contributed by atoms with Crippen LogP contribution in [0.4, 0.5) is 0 Å². The molecule has 1 N–H and O–H groups in total. The number of carbonyl (C=O) groups is 2. The molecule has 11 heteroatoms. The van der Waals surface area contributed by atoms with Crippen molar-refractivity contribution >= 4 is 19.8 Å². The van der Waals surface area contributed by atoms with Crippen LogP contribution in [0.15, 0.2) is 60.8 Å². The Hall–Kier alpha value is -2.33. The monoisotopic (exact) mass is 823 g/mol. The van der Waals surface area contributed by atoms with E-state index in [4.69, 9.17) is 23.3 Å². The number of esters is 2. The highest BCUT2D eigenvalue weighted by Crippen LogP contribution is 2.43. The molecule has 0 aromatic heterocycles. The van der Waals surface area contributed by atoms with Gasteiger partial charge in [0.05, 0.1) is 40.0 Å². The van der Waals surface area contributed by atoms with Gasteiger partial charge in [-0.15, -0.1) is 0 Å². The van der Waals surface area contributed by atoms with Crippen LogP contribution < -0.4 is 0 Å². The lowest BCUT2D eigenvalue weighted by Gasteiger charge is -2.24. The Bertz CT molecular complexity index is 1220. The standard InChI is InChI=1S/C46H80NO9P/c1-6-8-10-11-12-13-14-15-16-17-18-19-20-21-25-28-32-36-45(48)52-40-42(41-54-57(50,51)53-39-38-47(3,4)5)55-46(49)37-33-29-26-23-22-24-27-31-35-44-43(56-44)34-30-9-7-2/h8,10,12-13,15-16,18-19,27,31,42-44H,6-7,9,11,14,17,20-26,28-30,32-41H2,1-5H3/p+1/b10-8-,13-12-,16-15-,19-18-,31-27-/t42-,43?,44?/m1/s1. The minimum absolute atomic E-state index is 0.0193. The van der Waals surface area contributed by atoms with E-state index in [1.165, 1.54) is 25.7 Å². The van der Waals surface area contributed by atoms with Crippen molar-refractivity contribution in [3.05, 3.63) is 60.8 Å². The number of phosphoric acid groups is 1. The molecule has 1 saturated heterocycles. The summed E-state index contributed by atoms with van der Waals surface area (Å²) in [5, 5.41) is 0. The Balaban J connectivity index is 2.30. The number of quaternary nitrogens is 1. The van der Waals surface area contributed by atoms with Crippen LogP contribution in [0.5, 0.6) is 0 Å². The average molecular weight is 823 g/mol. The Labute approximate surface area is 347 Å². The van der Waals surface area contributed by atoms with Crippen molar-refractivity contribution in [2.45, 2.75) is 173 Å². The molecule has 1 heterocycles. The number of unbranched alkanes of at least 4 members (excludes halogenated alkanes) is 11. The van der Waals surface area contributed by atoms with Gasteiger partial charge in [0.1, 0.15) is 19.8 Å². The van der Waals surface area contributed by atoms with E-state index in [2.05, 4.69) is 74.6 Å².